The van der Waals surface area contributed by atoms with Gasteiger partial charge >= 0.3 is 0 Å². The van der Waals surface area contributed by atoms with Gasteiger partial charge in [0.2, 0.25) is 11.6 Å². The number of imidazole rings is 1. The van der Waals surface area contributed by atoms with Crippen molar-refractivity contribution < 1.29 is 9.53 Å². The van der Waals surface area contributed by atoms with E-state index in [1.807, 2.05) is 38.1 Å². The molecule has 10 heteroatoms. The summed E-state index contributed by atoms with van der Waals surface area (Å²) in [5.74, 6) is 1.11. The zero-order chi connectivity index (χ0) is 22.5. The number of amides is 1. The number of rotatable bonds is 5. The van der Waals surface area contributed by atoms with E-state index < -0.39 is 5.41 Å². The van der Waals surface area contributed by atoms with E-state index in [9.17, 15) is 4.79 Å². The average Bonchev–Trinajstić information content (AvgIpc) is 3.35. The summed E-state index contributed by atoms with van der Waals surface area (Å²) in [6.07, 6.45) is 6.07. The van der Waals surface area contributed by atoms with Gasteiger partial charge in [-0.1, -0.05) is 19.1 Å². The van der Waals surface area contributed by atoms with E-state index in [0.717, 1.165) is 15.6 Å². The van der Waals surface area contributed by atoms with Crippen molar-refractivity contribution >= 4 is 45.8 Å². The van der Waals surface area contributed by atoms with E-state index in [4.69, 9.17) is 10.5 Å². The van der Waals surface area contributed by atoms with Gasteiger partial charge in [0.05, 0.1) is 12.2 Å². The molecule has 0 aliphatic carbocycles. The minimum atomic E-state index is -0.987. The summed E-state index contributed by atoms with van der Waals surface area (Å²) in [4.78, 5) is 31.1. The number of carbonyl (C=O) groups is 1. The predicted octanol–water partition coefficient (Wildman–Crippen LogP) is 3.42. The molecular formula is C22H20IN7O2. The highest BCUT2D eigenvalue weighted by Crippen LogP contribution is 2.45. The minimum absolute atomic E-state index is 0.197. The normalized spacial score (nSPS) is 17.4. The number of nitrogen functional groups attached to an aromatic ring is 1. The van der Waals surface area contributed by atoms with Crippen molar-refractivity contribution in [3.63, 3.8) is 0 Å². The van der Waals surface area contributed by atoms with E-state index in [0.29, 0.717) is 41.0 Å². The zero-order valence-electron chi connectivity index (χ0n) is 17.5. The Kier molecular flexibility index (Phi) is 4.96. The van der Waals surface area contributed by atoms with Crippen LogP contribution in [0.2, 0.25) is 0 Å². The van der Waals surface area contributed by atoms with Crippen molar-refractivity contribution in [2.45, 2.75) is 25.7 Å². The first-order chi connectivity index (χ1) is 15.4. The van der Waals surface area contributed by atoms with Crippen LogP contribution in [0.3, 0.4) is 0 Å². The number of nitrogens with two attached hydrogens (primary N) is 1. The Morgan fingerprint density at radius 2 is 2.00 bits per heavy atom. The molecule has 5 rings (SSSR count). The molecule has 9 nitrogen and oxygen atoms in total. The van der Waals surface area contributed by atoms with Crippen molar-refractivity contribution in [2.75, 3.05) is 17.7 Å². The molecule has 4 aromatic rings. The zero-order valence-corrected chi connectivity index (χ0v) is 19.6. The summed E-state index contributed by atoms with van der Waals surface area (Å²) in [7, 11) is 0. The van der Waals surface area contributed by atoms with E-state index in [1.165, 1.54) is 0 Å². The van der Waals surface area contributed by atoms with Crippen LogP contribution in [0.1, 0.15) is 31.4 Å². The third-order valence-corrected chi connectivity index (χ3v) is 6.28. The van der Waals surface area contributed by atoms with E-state index in [-0.39, 0.29) is 11.7 Å². The molecule has 1 aromatic carbocycles. The Morgan fingerprint density at radius 1 is 1.22 bits per heavy atom. The highest BCUT2D eigenvalue weighted by Gasteiger charge is 2.47. The summed E-state index contributed by atoms with van der Waals surface area (Å²) >= 11 is 2.23. The van der Waals surface area contributed by atoms with Crippen molar-refractivity contribution in [3.8, 4) is 17.4 Å². The molecule has 0 spiro atoms. The number of ether oxygens (including phenoxy) is 1. The Balaban J connectivity index is 1.63. The number of anilines is 2. The molecule has 162 valence electrons. The summed E-state index contributed by atoms with van der Waals surface area (Å²) < 4.78 is 8.66. The molecule has 1 atom stereocenters. The topological polar surface area (TPSA) is 120 Å². The third kappa shape index (κ3) is 3.17. The second kappa shape index (κ2) is 7.69. The maximum absolute atomic E-state index is 13.1. The molecule has 1 amide bonds. The highest BCUT2D eigenvalue weighted by molar-refractivity contribution is 14.1. The lowest BCUT2D eigenvalue weighted by molar-refractivity contribution is -0.119. The van der Waals surface area contributed by atoms with Crippen LogP contribution in [-0.4, -0.2) is 36.9 Å². The number of nitrogens with one attached hydrogen (secondary N) is 1. The van der Waals surface area contributed by atoms with Crippen LogP contribution in [0.4, 0.5) is 11.6 Å². The first-order valence-corrected chi connectivity index (χ1v) is 11.2. The van der Waals surface area contributed by atoms with Crippen molar-refractivity contribution in [1.29, 1.82) is 0 Å². The van der Waals surface area contributed by atoms with Crippen LogP contribution in [-0.2, 0) is 10.2 Å². The van der Waals surface area contributed by atoms with Gasteiger partial charge in [0, 0.05) is 22.2 Å². The van der Waals surface area contributed by atoms with Gasteiger partial charge in [0.1, 0.15) is 22.7 Å². The van der Waals surface area contributed by atoms with Gasteiger partial charge in [-0.15, -0.1) is 0 Å². The fourth-order valence-electron chi connectivity index (χ4n) is 3.89. The van der Waals surface area contributed by atoms with Gasteiger partial charge in [-0.2, -0.15) is 0 Å². The second-order valence-corrected chi connectivity index (χ2v) is 8.93. The van der Waals surface area contributed by atoms with Crippen LogP contribution in [0, 0.1) is 3.57 Å². The molecule has 0 saturated carbocycles. The number of halogens is 1. The number of benzene rings is 1. The number of hydrogen-bond acceptors (Lipinski definition) is 7. The summed E-state index contributed by atoms with van der Waals surface area (Å²) in [6.45, 7) is 4.36. The Hall–Kier alpha value is -3.28. The first-order valence-electron chi connectivity index (χ1n) is 10.1. The third-order valence-electron chi connectivity index (χ3n) is 5.56. The van der Waals surface area contributed by atoms with Crippen LogP contribution in [0.15, 0.2) is 42.9 Å². The Labute approximate surface area is 197 Å². The van der Waals surface area contributed by atoms with E-state index >= 15 is 0 Å². The van der Waals surface area contributed by atoms with Gasteiger partial charge in [-0.25, -0.2) is 19.9 Å². The van der Waals surface area contributed by atoms with Crippen LogP contribution < -0.4 is 15.8 Å². The van der Waals surface area contributed by atoms with Crippen LogP contribution >= 0.6 is 22.6 Å². The Morgan fingerprint density at radius 3 is 2.75 bits per heavy atom. The molecule has 3 aromatic heterocycles. The van der Waals surface area contributed by atoms with Crippen LogP contribution in [0.5, 0.6) is 5.88 Å². The lowest BCUT2D eigenvalue weighted by Crippen LogP contribution is -2.33. The molecule has 0 fully saturated rings. The van der Waals surface area contributed by atoms with Crippen molar-refractivity contribution in [1.82, 2.24) is 24.3 Å². The minimum Gasteiger partial charge on any atom is -0.475 e. The van der Waals surface area contributed by atoms with Gasteiger partial charge in [0.15, 0.2) is 5.82 Å². The first kappa shape index (κ1) is 20.6. The smallest absolute Gasteiger partial charge is 0.259 e. The lowest BCUT2D eigenvalue weighted by atomic mass is 9.78. The van der Waals surface area contributed by atoms with Gasteiger partial charge < -0.3 is 20.2 Å². The number of hydrogen-bond donors (Lipinski definition) is 2. The molecule has 1 aliphatic heterocycles. The monoisotopic (exact) mass is 541 g/mol. The number of fused-ring (bicyclic) bond motifs is 2. The standard InChI is InChI=1S/C22H20IN7O2/c1-3-10-32-20-19-25-8-9-30(19)11-14(26-20)17-27-16(24)15-18(28-17)29-21(31)22(15,2)12-4-6-13(23)7-5-12/h4-9,11H,3,10H2,1-2H3,(H3,24,27,28,29,31). The molecule has 0 bridgehead atoms. The lowest BCUT2D eigenvalue weighted by Gasteiger charge is -2.23. The van der Waals surface area contributed by atoms with E-state index in [2.05, 4.69) is 47.8 Å². The average molecular weight is 541 g/mol. The number of nitrogens with zero attached hydrogens (tertiary/aromatic N) is 5. The molecular weight excluding hydrogens is 521 g/mol. The van der Waals surface area contributed by atoms with Gasteiger partial charge in [-0.05, 0) is 53.6 Å². The highest BCUT2D eigenvalue weighted by atomic mass is 127. The maximum atomic E-state index is 13.1. The summed E-state index contributed by atoms with van der Waals surface area (Å²) in [6, 6.07) is 7.77. The van der Waals surface area contributed by atoms with E-state index in [1.54, 1.807) is 23.0 Å². The SMILES string of the molecule is CCCOc1nc(-c2nc(N)c3c(n2)NC(=O)C3(C)c2ccc(I)cc2)cn2ccnc12. The maximum Gasteiger partial charge on any atom is 0.259 e. The molecule has 32 heavy (non-hydrogen) atoms. The molecule has 3 N–H and O–H groups in total. The fourth-order valence-corrected chi connectivity index (χ4v) is 4.25. The quantitative estimate of drug-likeness (QED) is 0.372. The molecule has 1 aliphatic rings. The van der Waals surface area contributed by atoms with Crippen LogP contribution in [0.25, 0.3) is 17.2 Å². The molecule has 0 radical (unpaired) electrons. The fraction of sp³-hybridized carbons (Fsp3) is 0.227. The molecule has 0 saturated heterocycles. The van der Waals surface area contributed by atoms with Crippen molar-refractivity contribution in [2.24, 2.45) is 0 Å². The summed E-state index contributed by atoms with van der Waals surface area (Å²) in [5.41, 5.74) is 7.88. The molecule has 4 heterocycles. The number of carbonyl (C=O) groups excluding carboxylic acids is 1. The second-order valence-electron chi connectivity index (χ2n) is 7.68. The van der Waals surface area contributed by atoms with Gasteiger partial charge in [-0.3, -0.25) is 4.79 Å². The largest absolute Gasteiger partial charge is 0.475 e. The predicted molar refractivity (Wildman–Crippen MR) is 128 cm³/mol. The summed E-state index contributed by atoms with van der Waals surface area (Å²) in [5, 5.41) is 2.88. The van der Waals surface area contributed by atoms with Gasteiger partial charge in [0.25, 0.3) is 5.88 Å². The number of aromatic nitrogens is 5. The Bertz CT molecular complexity index is 1350. The molecule has 1 unspecified atom stereocenters. The van der Waals surface area contributed by atoms with Crippen molar-refractivity contribution in [3.05, 3.63) is 57.6 Å².